The van der Waals surface area contributed by atoms with E-state index in [0.29, 0.717) is 6.42 Å². The van der Waals surface area contributed by atoms with Crippen molar-refractivity contribution in [2.75, 3.05) is 6.61 Å². The predicted molar refractivity (Wildman–Crippen MR) is 82.2 cm³/mol. The van der Waals surface area contributed by atoms with Crippen LogP contribution in [-0.2, 0) is 25.3 Å². The van der Waals surface area contributed by atoms with Gasteiger partial charge in [-0.1, -0.05) is 13.3 Å². The summed E-state index contributed by atoms with van der Waals surface area (Å²) >= 11 is 0. The van der Waals surface area contributed by atoms with Crippen LogP contribution in [-0.4, -0.2) is 38.4 Å². The van der Waals surface area contributed by atoms with Gasteiger partial charge in [-0.05, 0) is 41.0 Å². The van der Waals surface area contributed by atoms with E-state index in [4.69, 9.17) is 4.74 Å². The zero-order valence-electron chi connectivity index (χ0n) is 14.0. The first-order valence-corrected chi connectivity index (χ1v) is 8.25. The van der Waals surface area contributed by atoms with E-state index in [1.54, 1.807) is 20.8 Å². The van der Waals surface area contributed by atoms with Crippen LogP contribution >= 0.6 is 0 Å². The second-order valence-electron chi connectivity index (χ2n) is 6.41. The van der Waals surface area contributed by atoms with Gasteiger partial charge < -0.3 is 9.84 Å². The van der Waals surface area contributed by atoms with E-state index in [2.05, 4.69) is 4.72 Å². The minimum Gasteiger partial charge on any atom is -0.480 e. The molecular weight excluding hydrogens is 313 g/mol. The maximum absolute atomic E-state index is 14.9. The van der Waals surface area contributed by atoms with Gasteiger partial charge in [-0.15, -0.1) is 0 Å². The van der Waals surface area contributed by atoms with Gasteiger partial charge in [0, 0.05) is 0 Å². The van der Waals surface area contributed by atoms with Crippen molar-refractivity contribution in [3.8, 4) is 0 Å². The van der Waals surface area contributed by atoms with Crippen LogP contribution < -0.4 is 4.72 Å². The zero-order valence-corrected chi connectivity index (χ0v) is 14.8. The lowest BCUT2D eigenvalue weighted by molar-refractivity contribution is -0.180. The van der Waals surface area contributed by atoms with Crippen LogP contribution in [0.5, 0.6) is 0 Å². The van der Waals surface area contributed by atoms with Crippen molar-refractivity contribution in [2.24, 2.45) is 5.41 Å². The van der Waals surface area contributed by atoms with E-state index in [-0.39, 0.29) is 6.61 Å². The third-order valence-electron chi connectivity index (χ3n) is 3.35. The highest BCUT2D eigenvalue weighted by atomic mass is 32.2. The molecule has 0 aromatic carbocycles. The average molecular weight is 339 g/mol. The Balaban J connectivity index is 5.40. The molecule has 0 aliphatic rings. The Bertz CT molecular complexity index is 447. The Labute approximate surface area is 133 Å². The molecule has 0 aliphatic carbocycles. The van der Waals surface area contributed by atoms with Crippen LogP contribution in [0.2, 0.25) is 0 Å². The third-order valence-corrected chi connectivity index (χ3v) is 5.03. The molecule has 0 amide bonds. The van der Waals surface area contributed by atoms with Crippen LogP contribution in [0.3, 0.4) is 0 Å². The summed E-state index contributed by atoms with van der Waals surface area (Å²) in [5.74, 6) is -5.63. The number of aliphatic carboxylic acids is 1. The van der Waals surface area contributed by atoms with Crippen molar-refractivity contribution in [1.29, 1.82) is 0 Å². The number of hydrogen-bond acceptors (Lipinski definition) is 4. The Kier molecular flexibility index (Phi) is 7.15. The van der Waals surface area contributed by atoms with E-state index in [1.165, 1.54) is 0 Å². The SMILES string of the molecule is CCCCOC(=O)C(C)(C(=O)O)C(C)(F)NS(=O)C(C)(C)C. The Hall–Kier alpha value is -1.02. The molecule has 0 radical (unpaired) electrons. The maximum Gasteiger partial charge on any atom is 0.328 e. The number of carboxylic acids is 1. The van der Waals surface area contributed by atoms with Gasteiger partial charge in [0.05, 0.1) is 22.3 Å². The second kappa shape index (κ2) is 7.50. The second-order valence-corrected chi connectivity index (χ2v) is 8.37. The molecule has 0 heterocycles. The Morgan fingerprint density at radius 2 is 1.73 bits per heavy atom. The lowest BCUT2D eigenvalue weighted by Crippen LogP contribution is -2.61. The van der Waals surface area contributed by atoms with E-state index in [1.807, 2.05) is 6.92 Å². The van der Waals surface area contributed by atoms with Gasteiger partial charge in [-0.3, -0.25) is 9.59 Å². The molecule has 0 spiro atoms. The van der Waals surface area contributed by atoms with Gasteiger partial charge in [0.25, 0.3) is 0 Å². The van der Waals surface area contributed by atoms with E-state index in [9.17, 15) is 23.3 Å². The Morgan fingerprint density at radius 3 is 2.09 bits per heavy atom. The fourth-order valence-electron chi connectivity index (χ4n) is 1.36. The molecule has 0 saturated heterocycles. The minimum absolute atomic E-state index is 0.0106. The quantitative estimate of drug-likeness (QED) is 0.306. The standard InChI is InChI=1S/C14H26FNO5S/c1-7-8-9-21-11(19)13(5,10(17)18)14(6,15)16-22(20)12(2,3)4/h16H,7-9H2,1-6H3,(H,17,18). The molecule has 0 rings (SSSR count). The maximum atomic E-state index is 14.9. The zero-order chi connectivity index (χ0) is 17.8. The summed E-state index contributed by atoms with van der Waals surface area (Å²) < 4.78 is 33.1. The topological polar surface area (TPSA) is 92.7 Å². The lowest BCUT2D eigenvalue weighted by Gasteiger charge is -2.36. The molecule has 0 fully saturated rings. The summed E-state index contributed by atoms with van der Waals surface area (Å²) in [5, 5.41) is 9.33. The van der Waals surface area contributed by atoms with E-state index >= 15 is 0 Å². The highest BCUT2D eigenvalue weighted by Crippen LogP contribution is 2.36. The highest BCUT2D eigenvalue weighted by Gasteiger charge is 2.60. The van der Waals surface area contributed by atoms with Gasteiger partial charge in [0.2, 0.25) is 5.41 Å². The number of carboxylic acid groups (broad SMARTS) is 1. The number of hydrogen-bond donors (Lipinski definition) is 2. The van der Waals surface area contributed by atoms with E-state index in [0.717, 1.165) is 20.3 Å². The van der Waals surface area contributed by atoms with Crippen molar-refractivity contribution in [3.05, 3.63) is 0 Å². The molecule has 130 valence electrons. The molecule has 3 atom stereocenters. The molecule has 0 aliphatic heterocycles. The number of carbonyl (C=O) groups excluding carboxylic acids is 1. The van der Waals surface area contributed by atoms with Gasteiger partial charge in [0.1, 0.15) is 0 Å². The fourth-order valence-corrected chi connectivity index (χ4v) is 2.22. The average Bonchev–Trinajstić information content (AvgIpc) is 2.35. The number of ether oxygens (including phenoxy) is 1. The van der Waals surface area contributed by atoms with Crippen molar-refractivity contribution < 1.29 is 28.0 Å². The van der Waals surface area contributed by atoms with Crippen LogP contribution in [0.15, 0.2) is 0 Å². The molecule has 22 heavy (non-hydrogen) atoms. The highest BCUT2D eigenvalue weighted by molar-refractivity contribution is 7.84. The number of unbranched alkanes of at least 4 members (excludes halogenated alkanes) is 1. The number of alkyl halides is 1. The first-order valence-electron chi connectivity index (χ1n) is 7.10. The van der Waals surface area contributed by atoms with Gasteiger partial charge in [-0.2, -0.15) is 0 Å². The summed E-state index contributed by atoms with van der Waals surface area (Å²) in [7, 11) is -1.89. The lowest BCUT2D eigenvalue weighted by atomic mass is 9.81. The molecule has 2 N–H and O–H groups in total. The summed E-state index contributed by atoms with van der Waals surface area (Å²) in [6, 6.07) is 0. The third kappa shape index (κ3) is 4.74. The number of rotatable bonds is 8. The summed E-state index contributed by atoms with van der Waals surface area (Å²) in [5.41, 5.74) is -2.51. The summed E-state index contributed by atoms with van der Waals surface area (Å²) in [6.45, 7) is 8.49. The number of halogens is 1. The fraction of sp³-hybridized carbons (Fsp3) is 0.857. The molecule has 0 bridgehead atoms. The number of esters is 1. The van der Waals surface area contributed by atoms with Crippen LogP contribution in [0.1, 0.15) is 54.4 Å². The predicted octanol–water partition coefficient (Wildman–Crippen LogP) is 2.16. The van der Waals surface area contributed by atoms with Crippen LogP contribution in [0, 0.1) is 5.41 Å². The van der Waals surface area contributed by atoms with Crippen LogP contribution in [0.4, 0.5) is 4.39 Å². The van der Waals surface area contributed by atoms with Crippen molar-refractivity contribution in [2.45, 2.75) is 64.9 Å². The monoisotopic (exact) mass is 339 g/mol. The number of carbonyl (C=O) groups is 2. The van der Waals surface area contributed by atoms with E-state index < -0.39 is 38.9 Å². The van der Waals surface area contributed by atoms with Crippen molar-refractivity contribution >= 4 is 22.9 Å². The summed E-state index contributed by atoms with van der Waals surface area (Å²) in [6.07, 6.45) is 1.29. The molecule has 3 unspecified atom stereocenters. The molecule has 0 aromatic rings. The first kappa shape index (κ1) is 21.0. The van der Waals surface area contributed by atoms with Gasteiger partial charge in [0.15, 0.2) is 5.79 Å². The first-order chi connectivity index (χ1) is 9.80. The molecule has 8 heteroatoms. The molecular formula is C14H26FNO5S. The number of nitrogens with one attached hydrogen (secondary N) is 1. The minimum atomic E-state index is -2.75. The van der Waals surface area contributed by atoms with Gasteiger partial charge >= 0.3 is 11.9 Å². The van der Waals surface area contributed by atoms with Gasteiger partial charge in [-0.25, -0.2) is 13.3 Å². The van der Waals surface area contributed by atoms with Crippen molar-refractivity contribution in [3.63, 3.8) is 0 Å². The molecule has 0 saturated carbocycles. The molecule has 0 aromatic heterocycles. The van der Waals surface area contributed by atoms with Crippen LogP contribution in [0.25, 0.3) is 0 Å². The molecule has 6 nitrogen and oxygen atoms in total. The van der Waals surface area contributed by atoms with Crippen molar-refractivity contribution in [1.82, 2.24) is 4.72 Å². The summed E-state index contributed by atoms with van der Waals surface area (Å²) in [4.78, 5) is 23.6. The Morgan fingerprint density at radius 1 is 1.23 bits per heavy atom. The normalized spacial score (nSPS) is 18.9. The largest absolute Gasteiger partial charge is 0.480 e. The smallest absolute Gasteiger partial charge is 0.328 e.